The van der Waals surface area contributed by atoms with Crippen molar-refractivity contribution in [2.24, 2.45) is 0 Å². The van der Waals surface area contributed by atoms with Crippen molar-refractivity contribution >= 4 is 22.6 Å². The summed E-state index contributed by atoms with van der Waals surface area (Å²) in [7, 11) is 0. The van der Waals surface area contributed by atoms with Crippen molar-refractivity contribution in [3.05, 3.63) is 67.9 Å². The first-order valence-electron chi connectivity index (χ1n) is 7.43. The van der Waals surface area contributed by atoms with Gasteiger partial charge in [-0.25, -0.2) is 9.36 Å². The second-order valence-electron chi connectivity index (χ2n) is 5.23. The number of alkyl halides is 3. The normalized spacial score (nSPS) is 11.7. The maximum atomic E-state index is 13.1. The van der Waals surface area contributed by atoms with Crippen LogP contribution in [0.25, 0.3) is 16.7 Å². The lowest BCUT2D eigenvalue weighted by Gasteiger charge is -2.12. The molecule has 5 nitrogen and oxygen atoms in total. The second-order valence-corrected chi connectivity index (χ2v) is 5.64. The van der Waals surface area contributed by atoms with E-state index in [0.717, 1.165) is 12.1 Å². The Labute approximate surface area is 149 Å². The smallest absolute Gasteiger partial charge is 0.426 e. The van der Waals surface area contributed by atoms with E-state index >= 15 is 0 Å². The summed E-state index contributed by atoms with van der Waals surface area (Å²) < 4.78 is 50.2. The molecular weight excluding hydrogens is 375 g/mol. The van der Waals surface area contributed by atoms with Crippen molar-refractivity contribution in [3.8, 4) is 11.4 Å². The summed E-state index contributed by atoms with van der Waals surface area (Å²) in [6, 6.07) is 7.14. The van der Waals surface area contributed by atoms with Crippen molar-refractivity contribution in [2.45, 2.75) is 13.1 Å². The molecule has 0 aliphatic heterocycles. The Hall–Kier alpha value is -2.74. The number of aromatic nitrogens is 1. The highest BCUT2D eigenvalue weighted by Crippen LogP contribution is 2.35. The lowest BCUT2D eigenvalue weighted by atomic mass is 10.2. The molecule has 0 saturated carbocycles. The van der Waals surface area contributed by atoms with Gasteiger partial charge in [0.2, 0.25) is 0 Å². The fourth-order valence-electron chi connectivity index (χ4n) is 2.51. The van der Waals surface area contributed by atoms with Gasteiger partial charge in [-0.1, -0.05) is 17.7 Å². The zero-order valence-corrected chi connectivity index (χ0v) is 14.0. The first-order valence-corrected chi connectivity index (χ1v) is 7.80. The third kappa shape index (κ3) is 3.08. The van der Waals surface area contributed by atoms with Gasteiger partial charge in [-0.3, -0.25) is 4.79 Å². The van der Waals surface area contributed by atoms with E-state index in [1.807, 2.05) is 0 Å². The Morgan fingerprint density at radius 2 is 1.92 bits per heavy atom. The lowest BCUT2D eigenvalue weighted by molar-refractivity contribution is -0.137. The van der Waals surface area contributed by atoms with Gasteiger partial charge in [-0.05, 0) is 37.3 Å². The molecule has 3 aromatic rings. The molecular formula is C17H11ClF3NO4. The molecule has 0 spiro atoms. The molecule has 0 unspecified atom stereocenters. The third-order valence-corrected chi connectivity index (χ3v) is 3.93. The molecule has 9 heteroatoms. The van der Waals surface area contributed by atoms with Crippen LogP contribution in [-0.2, 0) is 6.18 Å². The van der Waals surface area contributed by atoms with E-state index < -0.39 is 28.1 Å². The highest BCUT2D eigenvalue weighted by molar-refractivity contribution is 6.31. The summed E-state index contributed by atoms with van der Waals surface area (Å²) in [5.74, 6) is -0.955. The van der Waals surface area contributed by atoms with Crippen LogP contribution in [0.5, 0.6) is 5.75 Å². The lowest BCUT2D eigenvalue weighted by Crippen LogP contribution is -2.31. The summed E-state index contributed by atoms with van der Waals surface area (Å²) in [6.45, 7) is 1.95. The van der Waals surface area contributed by atoms with Crippen LogP contribution in [0.3, 0.4) is 0 Å². The van der Waals surface area contributed by atoms with Gasteiger partial charge in [0.25, 0.3) is 5.56 Å². The van der Waals surface area contributed by atoms with Gasteiger partial charge in [-0.15, -0.1) is 0 Å². The highest BCUT2D eigenvalue weighted by Gasteiger charge is 2.33. The Bertz CT molecular complexity index is 1100. The summed E-state index contributed by atoms with van der Waals surface area (Å²) in [5, 5.41) is -0.591. The number of ether oxygens (including phenoxy) is 1. The molecule has 0 aliphatic carbocycles. The molecule has 0 atom stereocenters. The van der Waals surface area contributed by atoms with Crippen molar-refractivity contribution in [3.63, 3.8) is 0 Å². The van der Waals surface area contributed by atoms with Crippen LogP contribution in [0.2, 0.25) is 5.02 Å². The fourth-order valence-corrected chi connectivity index (χ4v) is 2.73. The SMILES string of the molecule is CCOc1cccc2oc(=O)n(-c3ccc(Cl)c(C(F)(F)F)c3)c(=O)c12. The Morgan fingerprint density at radius 1 is 1.19 bits per heavy atom. The molecule has 1 aromatic heterocycles. The monoisotopic (exact) mass is 385 g/mol. The molecule has 0 bridgehead atoms. The molecule has 2 aromatic carbocycles. The Morgan fingerprint density at radius 3 is 2.58 bits per heavy atom. The topological polar surface area (TPSA) is 61.4 Å². The molecule has 26 heavy (non-hydrogen) atoms. The first kappa shape index (κ1) is 18.1. The van der Waals surface area contributed by atoms with Crippen LogP contribution in [0.1, 0.15) is 12.5 Å². The minimum atomic E-state index is -4.75. The fraction of sp³-hybridized carbons (Fsp3) is 0.176. The van der Waals surface area contributed by atoms with Gasteiger partial charge in [0.15, 0.2) is 0 Å². The highest BCUT2D eigenvalue weighted by atomic mass is 35.5. The maximum absolute atomic E-state index is 13.1. The van der Waals surface area contributed by atoms with Gasteiger partial charge in [0.1, 0.15) is 16.7 Å². The van der Waals surface area contributed by atoms with Crippen molar-refractivity contribution in [2.75, 3.05) is 6.61 Å². The second kappa shape index (κ2) is 6.53. The number of rotatable bonds is 3. The van der Waals surface area contributed by atoms with Crippen molar-refractivity contribution in [1.82, 2.24) is 4.57 Å². The van der Waals surface area contributed by atoms with Gasteiger partial charge >= 0.3 is 11.9 Å². The van der Waals surface area contributed by atoms with Crippen LogP contribution >= 0.6 is 11.6 Å². The van der Waals surface area contributed by atoms with Crippen LogP contribution < -0.4 is 16.1 Å². The van der Waals surface area contributed by atoms with E-state index in [0.29, 0.717) is 10.6 Å². The van der Waals surface area contributed by atoms with Gasteiger partial charge in [0, 0.05) is 0 Å². The average Bonchev–Trinajstić information content (AvgIpc) is 2.55. The molecule has 0 aliphatic rings. The molecule has 3 rings (SSSR count). The number of hydrogen-bond acceptors (Lipinski definition) is 4. The Balaban J connectivity index is 2.35. The Kier molecular flexibility index (Phi) is 4.53. The van der Waals surface area contributed by atoms with Gasteiger partial charge in [0.05, 0.1) is 22.9 Å². The average molecular weight is 386 g/mol. The van der Waals surface area contributed by atoms with E-state index in [-0.39, 0.29) is 29.0 Å². The largest absolute Gasteiger partial charge is 0.493 e. The van der Waals surface area contributed by atoms with Crippen molar-refractivity contribution < 1.29 is 22.3 Å². The van der Waals surface area contributed by atoms with Crippen LogP contribution in [-0.4, -0.2) is 11.2 Å². The van der Waals surface area contributed by atoms with E-state index in [2.05, 4.69) is 0 Å². The number of halogens is 4. The zero-order valence-electron chi connectivity index (χ0n) is 13.3. The zero-order chi connectivity index (χ0) is 19.1. The van der Waals surface area contributed by atoms with E-state index in [1.54, 1.807) is 6.92 Å². The number of nitrogens with zero attached hydrogens (tertiary/aromatic N) is 1. The third-order valence-electron chi connectivity index (χ3n) is 3.60. The van der Waals surface area contributed by atoms with Crippen LogP contribution in [0, 0.1) is 0 Å². The summed E-state index contributed by atoms with van der Waals surface area (Å²) in [6.07, 6.45) is -4.75. The van der Waals surface area contributed by atoms with E-state index in [1.165, 1.54) is 18.2 Å². The predicted molar refractivity (Wildman–Crippen MR) is 89.3 cm³/mol. The minimum Gasteiger partial charge on any atom is -0.493 e. The first-order chi connectivity index (χ1) is 12.2. The summed E-state index contributed by atoms with van der Waals surface area (Å²) in [4.78, 5) is 25.0. The van der Waals surface area contributed by atoms with E-state index in [9.17, 15) is 22.8 Å². The molecule has 136 valence electrons. The van der Waals surface area contributed by atoms with Gasteiger partial charge < -0.3 is 9.15 Å². The number of fused-ring (bicyclic) bond motifs is 1. The molecule has 0 saturated heterocycles. The van der Waals surface area contributed by atoms with Gasteiger partial charge in [-0.2, -0.15) is 13.2 Å². The molecule has 0 radical (unpaired) electrons. The molecule has 1 heterocycles. The molecule has 0 N–H and O–H groups in total. The number of hydrogen-bond donors (Lipinski definition) is 0. The maximum Gasteiger partial charge on any atom is 0.426 e. The molecule has 0 amide bonds. The van der Waals surface area contributed by atoms with E-state index in [4.69, 9.17) is 20.8 Å². The minimum absolute atomic E-state index is 0.0211. The molecule has 0 fully saturated rings. The van der Waals surface area contributed by atoms with Crippen LogP contribution in [0.15, 0.2) is 50.4 Å². The number of benzene rings is 2. The quantitative estimate of drug-likeness (QED) is 0.683. The standard InChI is InChI=1S/C17H11ClF3NO4/c1-2-25-12-4-3-5-13-14(12)15(23)22(16(24)26-13)9-6-7-11(18)10(8-9)17(19,20)21/h3-8H,2H2,1H3. The summed E-state index contributed by atoms with van der Waals surface area (Å²) in [5.41, 5.74) is -2.35. The summed E-state index contributed by atoms with van der Waals surface area (Å²) >= 11 is 5.58. The van der Waals surface area contributed by atoms with Crippen LogP contribution in [0.4, 0.5) is 13.2 Å². The predicted octanol–water partition coefficient (Wildman–Crippen LogP) is 4.01. The van der Waals surface area contributed by atoms with Crippen molar-refractivity contribution in [1.29, 1.82) is 0 Å².